The Kier molecular flexibility index (Phi) is 6.50. The molecule has 2 aliphatic heterocycles. The van der Waals surface area contributed by atoms with Gasteiger partial charge in [-0.1, -0.05) is 18.2 Å². The number of hydrogen-bond donors (Lipinski definition) is 0. The molecule has 3 aliphatic rings. The lowest BCUT2D eigenvalue weighted by Crippen LogP contribution is -2.65. The maximum absolute atomic E-state index is 14.5. The van der Waals surface area contributed by atoms with Gasteiger partial charge >= 0.3 is 0 Å². The van der Waals surface area contributed by atoms with Crippen molar-refractivity contribution >= 4 is 17.5 Å². The van der Waals surface area contributed by atoms with Crippen molar-refractivity contribution in [2.45, 2.75) is 57.3 Å². The third kappa shape index (κ3) is 4.71. The monoisotopic (exact) mass is 511 g/mol. The van der Waals surface area contributed by atoms with Gasteiger partial charge in [0.25, 0.3) is 5.69 Å². The minimum absolute atomic E-state index is 0.00219. The molecule has 1 saturated carbocycles. The van der Waals surface area contributed by atoms with Crippen molar-refractivity contribution in [1.29, 1.82) is 0 Å². The smallest absolute Gasteiger partial charge is 0.275 e. The minimum Gasteiger partial charge on any atom is -0.341 e. The van der Waals surface area contributed by atoms with E-state index < -0.39 is 16.2 Å². The highest BCUT2D eigenvalue weighted by atomic mass is 19.1. The molecule has 0 N–H and O–H groups in total. The third-order valence-corrected chi connectivity index (χ3v) is 8.30. The molecular weight excluding hydrogens is 480 g/mol. The molecule has 2 heterocycles. The quantitative estimate of drug-likeness (QED) is 0.399. The van der Waals surface area contributed by atoms with Gasteiger partial charge in [-0.3, -0.25) is 19.7 Å². The molecule has 2 amide bonds. The molecule has 0 atom stereocenters. The van der Waals surface area contributed by atoms with Gasteiger partial charge in [0, 0.05) is 49.1 Å². The molecule has 196 valence electrons. The Balaban J connectivity index is 1.15. The summed E-state index contributed by atoms with van der Waals surface area (Å²) in [6.07, 6.45) is 4.12. The Morgan fingerprint density at radius 3 is 2.41 bits per heavy atom. The largest absolute Gasteiger partial charge is 0.341 e. The van der Waals surface area contributed by atoms with Crippen molar-refractivity contribution < 1.29 is 23.3 Å². The van der Waals surface area contributed by atoms with Crippen LogP contribution in [0.15, 0.2) is 36.4 Å². The van der Waals surface area contributed by atoms with E-state index in [0.717, 1.165) is 18.9 Å². The molecule has 5 rings (SSSR count). The molecule has 0 radical (unpaired) electrons. The van der Waals surface area contributed by atoms with Crippen molar-refractivity contribution in [3.05, 3.63) is 74.8 Å². The lowest BCUT2D eigenvalue weighted by molar-refractivity contribution is -0.385. The van der Waals surface area contributed by atoms with Crippen LogP contribution >= 0.6 is 0 Å². The van der Waals surface area contributed by atoms with Crippen LogP contribution in [0.2, 0.25) is 0 Å². The van der Waals surface area contributed by atoms with E-state index in [0.29, 0.717) is 68.6 Å². The van der Waals surface area contributed by atoms with Gasteiger partial charge in [-0.15, -0.1) is 0 Å². The van der Waals surface area contributed by atoms with Gasteiger partial charge in [0.15, 0.2) is 0 Å². The van der Waals surface area contributed by atoms with Crippen LogP contribution in [-0.4, -0.2) is 52.7 Å². The molecule has 0 bridgehead atoms. The molecule has 7 nitrogen and oxygen atoms in total. The zero-order chi connectivity index (χ0) is 26.4. The fourth-order valence-corrected chi connectivity index (χ4v) is 6.14. The van der Waals surface area contributed by atoms with Crippen LogP contribution in [0, 0.1) is 34.1 Å². The lowest BCUT2D eigenvalue weighted by Gasteiger charge is -2.55. The summed E-state index contributed by atoms with van der Waals surface area (Å²) < 4.78 is 28.2. The Hall–Kier alpha value is -3.36. The van der Waals surface area contributed by atoms with Gasteiger partial charge in [0.05, 0.1) is 16.4 Å². The second kappa shape index (κ2) is 9.50. The number of nitro benzene ring substituents is 1. The van der Waals surface area contributed by atoms with Crippen molar-refractivity contribution in [2.75, 3.05) is 26.2 Å². The van der Waals surface area contributed by atoms with E-state index >= 15 is 0 Å². The molecule has 2 aromatic rings. The second-order valence-corrected chi connectivity index (χ2v) is 11.0. The number of likely N-dealkylation sites (tertiary alicyclic amines) is 2. The summed E-state index contributed by atoms with van der Waals surface area (Å²) in [5.41, 5.74) is 0.139. The second-order valence-electron chi connectivity index (χ2n) is 11.0. The first-order valence-electron chi connectivity index (χ1n) is 12.9. The third-order valence-electron chi connectivity index (χ3n) is 8.30. The van der Waals surface area contributed by atoms with E-state index in [4.69, 9.17) is 0 Å². The summed E-state index contributed by atoms with van der Waals surface area (Å²) in [7, 11) is 0. The Morgan fingerprint density at radius 2 is 1.73 bits per heavy atom. The summed E-state index contributed by atoms with van der Waals surface area (Å²) in [5, 5.41) is 11.3. The van der Waals surface area contributed by atoms with Crippen LogP contribution in [0.3, 0.4) is 0 Å². The standard InChI is InChI=1S/C28H31F2N3O4/c1-19-14-20(24(33(36)37)15-23(19)30)6-4-9-25(34)32-17-27(18-32)10-5-13-31(16-27)26(35)28(11-12-28)21-7-2-3-8-22(21)29/h2-3,7-8,14-15H,4-6,9-13,16-18H2,1H3. The number of rotatable bonds is 7. The van der Waals surface area contributed by atoms with E-state index in [1.165, 1.54) is 12.1 Å². The van der Waals surface area contributed by atoms with E-state index in [9.17, 15) is 28.5 Å². The molecule has 9 heteroatoms. The highest BCUT2D eigenvalue weighted by molar-refractivity contribution is 5.91. The van der Waals surface area contributed by atoms with Crippen LogP contribution in [0.25, 0.3) is 0 Å². The normalized spacial score (nSPS) is 19.4. The van der Waals surface area contributed by atoms with Crippen molar-refractivity contribution in [3.8, 4) is 0 Å². The molecule has 0 aromatic heterocycles. The lowest BCUT2D eigenvalue weighted by atomic mass is 9.72. The molecule has 2 saturated heterocycles. The molecule has 37 heavy (non-hydrogen) atoms. The Morgan fingerprint density at radius 1 is 1.03 bits per heavy atom. The maximum atomic E-state index is 14.5. The number of nitrogens with zero attached hydrogens (tertiary/aromatic N) is 3. The van der Waals surface area contributed by atoms with E-state index in [1.54, 1.807) is 30.0 Å². The number of halogens is 2. The fourth-order valence-electron chi connectivity index (χ4n) is 6.14. The fraction of sp³-hybridized carbons (Fsp3) is 0.500. The minimum atomic E-state index is -0.746. The zero-order valence-electron chi connectivity index (χ0n) is 21.0. The van der Waals surface area contributed by atoms with Gasteiger partial charge in [-0.25, -0.2) is 8.78 Å². The van der Waals surface area contributed by atoms with E-state index in [1.807, 2.05) is 4.90 Å². The van der Waals surface area contributed by atoms with Gasteiger partial charge in [0.1, 0.15) is 11.6 Å². The predicted molar refractivity (Wildman–Crippen MR) is 133 cm³/mol. The molecule has 1 aliphatic carbocycles. The van der Waals surface area contributed by atoms with E-state index in [2.05, 4.69) is 0 Å². The topological polar surface area (TPSA) is 83.8 Å². The average molecular weight is 512 g/mol. The number of carbonyl (C=O) groups is 2. The summed E-state index contributed by atoms with van der Waals surface area (Å²) in [5.74, 6) is -0.959. The summed E-state index contributed by atoms with van der Waals surface area (Å²) in [6.45, 7) is 3.95. The van der Waals surface area contributed by atoms with Crippen molar-refractivity contribution in [2.24, 2.45) is 5.41 Å². The summed E-state index contributed by atoms with van der Waals surface area (Å²) >= 11 is 0. The maximum Gasteiger partial charge on any atom is 0.275 e. The van der Waals surface area contributed by atoms with E-state index in [-0.39, 0.29) is 35.2 Å². The van der Waals surface area contributed by atoms with Crippen LogP contribution in [0.1, 0.15) is 55.2 Å². The van der Waals surface area contributed by atoms with Crippen LogP contribution in [-0.2, 0) is 21.4 Å². The zero-order valence-corrected chi connectivity index (χ0v) is 21.0. The Bertz CT molecular complexity index is 1250. The van der Waals surface area contributed by atoms with Crippen LogP contribution < -0.4 is 0 Å². The summed E-state index contributed by atoms with van der Waals surface area (Å²) in [6, 6.07) is 8.96. The molecule has 1 spiro atoms. The first kappa shape index (κ1) is 25.3. The van der Waals surface area contributed by atoms with Gasteiger partial charge in [-0.2, -0.15) is 0 Å². The number of hydrogen-bond acceptors (Lipinski definition) is 4. The Labute approximate surface area is 214 Å². The van der Waals surface area contributed by atoms with Crippen molar-refractivity contribution in [1.82, 2.24) is 9.80 Å². The first-order chi connectivity index (χ1) is 17.6. The first-order valence-corrected chi connectivity index (χ1v) is 12.9. The number of piperidine rings is 1. The average Bonchev–Trinajstić information content (AvgIpc) is 3.66. The number of carbonyl (C=O) groups excluding carboxylic acids is 2. The number of aryl methyl sites for hydroxylation is 2. The van der Waals surface area contributed by atoms with Gasteiger partial charge in [0.2, 0.25) is 11.8 Å². The highest BCUT2D eigenvalue weighted by Gasteiger charge is 2.56. The van der Waals surface area contributed by atoms with Gasteiger partial charge < -0.3 is 9.80 Å². The van der Waals surface area contributed by atoms with Crippen LogP contribution in [0.4, 0.5) is 14.5 Å². The van der Waals surface area contributed by atoms with Crippen LogP contribution in [0.5, 0.6) is 0 Å². The number of nitro groups is 1. The highest BCUT2D eigenvalue weighted by Crippen LogP contribution is 2.51. The molecule has 0 unspecified atom stereocenters. The molecular formula is C28H31F2N3O4. The van der Waals surface area contributed by atoms with Crippen molar-refractivity contribution in [3.63, 3.8) is 0 Å². The van der Waals surface area contributed by atoms with Gasteiger partial charge in [-0.05, 0) is 63.1 Å². The summed E-state index contributed by atoms with van der Waals surface area (Å²) in [4.78, 5) is 40.6. The number of amides is 2. The molecule has 2 aromatic carbocycles. The number of benzene rings is 2. The molecule has 3 fully saturated rings. The SMILES string of the molecule is Cc1cc(CCCC(=O)N2CC3(CCCN(C(=O)C4(c5ccccc5F)CC4)C3)C2)c([N+](=O)[O-])cc1F. The predicted octanol–water partition coefficient (Wildman–Crippen LogP) is 4.69.